The highest BCUT2D eigenvalue weighted by atomic mass is 32.1. The second-order valence-corrected chi connectivity index (χ2v) is 10.3. The Kier molecular flexibility index (Phi) is 7.18. The molecule has 0 saturated heterocycles. The number of methoxy groups -OCH3 is 1. The Morgan fingerprint density at radius 1 is 0.951 bits per heavy atom. The maximum atomic E-state index is 13.4. The van der Waals surface area contributed by atoms with Crippen molar-refractivity contribution in [1.29, 1.82) is 0 Å². The van der Waals surface area contributed by atoms with Gasteiger partial charge in [-0.15, -0.1) is 5.10 Å². The molecule has 41 heavy (non-hydrogen) atoms. The number of rotatable bonds is 8. The van der Waals surface area contributed by atoms with E-state index in [0.717, 1.165) is 45.1 Å². The van der Waals surface area contributed by atoms with Crippen LogP contribution in [-0.4, -0.2) is 38.1 Å². The zero-order valence-corrected chi connectivity index (χ0v) is 23.6. The zero-order valence-electron chi connectivity index (χ0n) is 22.8. The third-order valence-corrected chi connectivity index (χ3v) is 7.51. The van der Waals surface area contributed by atoms with Crippen molar-refractivity contribution in [2.75, 3.05) is 13.7 Å². The van der Waals surface area contributed by atoms with Crippen molar-refractivity contribution >= 4 is 34.5 Å². The Bertz CT molecular complexity index is 1970. The number of para-hydroxylation sites is 1. The van der Waals surface area contributed by atoms with Crippen LogP contribution < -0.4 is 19.6 Å². The number of thiazole rings is 1. The summed E-state index contributed by atoms with van der Waals surface area (Å²) in [5.41, 5.74) is 5.28. The van der Waals surface area contributed by atoms with Gasteiger partial charge >= 0.3 is 0 Å². The maximum absolute atomic E-state index is 13.4. The van der Waals surface area contributed by atoms with Crippen LogP contribution in [0, 0.1) is 6.92 Å². The molecule has 0 radical (unpaired) electrons. The van der Waals surface area contributed by atoms with Crippen molar-refractivity contribution in [2.24, 2.45) is 0 Å². The molecular weight excluding hydrogens is 534 g/mol. The summed E-state index contributed by atoms with van der Waals surface area (Å²) in [5.74, 6) is 2.07. The molecule has 6 rings (SSSR count). The molecule has 0 aliphatic carbocycles. The van der Waals surface area contributed by atoms with Crippen molar-refractivity contribution in [2.45, 2.75) is 13.8 Å². The Hall–Kier alpha value is -5.02. The molecule has 0 saturated carbocycles. The van der Waals surface area contributed by atoms with Gasteiger partial charge in [0.15, 0.2) is 5.82 Å². The van der Waals surface area contributed by atoms with Crippen LogP contribution >= 0.6 is 11.3 Å². The highest BCUT2D eigenvalue weighted by Gasteiger charge is 2.16. The lowest BCUT2D eigenvalue weighted by Gasteiger charge is -2.08. The van der Waals surface area contributed by atoms with E-state index in [4.69, 9.17) is 14.6 Å². The monoisotopic (exact) mass is 561 g/mol. The summed E-state index contributed by atoms with van der Waals surface area (Å²) < 4.78 is 14.6. The number of aryl methyl sites for hydroxylation is 1. The molecule has 0 atom stereocenters. The van der Waals surface area contributed by atoms with Crippen LogP contribution in [0.1, 0.15) is 29.4 Å². The number of hydrogen-bond donors (Lipinski definition) is 0. The van der Waals surface area contributed by atoms with Crippen molar-refractivity contribution in [3.8, 4) is 28.4 Å². The molecule has 0 aliphatic rings. The van der Waals surface area contributed by atoms with Gasteiger partial charge in [-0.25, -0.2) is 4.68 Å². The second kappa shape index (κ2) is 11.2. The van der Waals surface area contributed by atoms with E-state index in [9.17, 15) is 4.79 Å². The Morgan fingerprint density at radius 2 is 1.73 bits per heavy atom. The predicted octanol–water partition coefficient (Wildman–Crippen LogP) is 5.44. The summed E-state index contributed by atoms with van der Waals surface area (Å²) in [6.45, 7) is 4.59. The summed E-state index contributed by atoms with van der Waals surface area (Å²) in [6.07, 6.45) is 7.51. The maximum Gasteiger partial charge on any atom is 0.291 e. The molecule has 3 aromatic heterocycles. The number of nitrogens with zero attached hydrogens (tertiary/aromatic N) is 5. The molecule has 9 heteroatoms. The van der Waals surface area contributed by atoms with E-state index in [-0.39, 0.29) is 5.56 Å². The quantitative estimate of drug-likeness (QED) is 0.246. The van der Waals surface area contributed by atoms with E-state index < -0.39 is 0 Å². The standard InChI is InChI=1S/C32H27N5O3S/c1-4-40-26-15-16-27(21(2)18-26)30-23(20-36(35-30)24-8-6-5-7-9-24)19-28-31(38)37-32(41-28)33-29(34-37)17-12-22-10-13-25(39-3)14-11-22/h5-20H,4H2,1-3H3/b17-12+,28-19-. The fourth-order valence-corrected chi connectivity index (χ4v) is 5.43. The average molecular weight is 562 g/mol. The van der Waals surface area contributed by atoms with Crippen LogP contribution in [-0.2, 0) is 0 Å². The third kappa shape index (κ3) is 5.39. The highest BCUT2D eigenvalue weighted by molar-refractivity contribution is 7.15. The van der Waals surface area contributed by atoms with Gasteiger partial charge in [-0.05, 0) is 79.6 Å². The summed E-state index contributed by atoms with van der Waals surface area (Å²) >= 11 is 1.30. The van der Waals surface area contributed by atoms with Crippen molar-refractivity contribution in [3.05, 3.63) is 116 Å². The van der Waals surface area contributed by atoms with E-state index in [0.29, 0.717) is 21.9 Å². The van der Waals surface area contributed by atoms with Crippen molar-refractivity contribution in [3.63, 3.8) is 0 Å². The van der Waals surface area contributed by atoms with Gasteiger partial charge in [-0.2, -0.15) is 14.6 Å². The van der Waals surface area contributed by atoms with E-state index >= 15 is 0 Å². The normalized spacial score (nSPS) is 12.0. The SMILES string of the molecule is CCOc1ccc(-c2nn(-c3ccccc3)cc2/C=c2\sc3nc(/C=C/c4ccc(OC)cc4)nn3c2=O)c(C)c1. The van der Waals surface area contributed by atoms with Gasteiger partial charge < -0.3 is 9.47 Å². The molecular formula is C32H27N5O3S. The van der Waals surface area contributed by atoms with E-state index in [1.54, 1.807) is 13.2 Å². The number of aromatic nitrogens is 5. The molecule has 0 aliphatic heterocycles. The highest BCUT2D eigenvalue weighted by Crippen LogP contribution is 2.30. The molecule has 3 heterocycles. The zero-order chi connectivity index (χ0) is 28.3. The minimum absolute atomic E-state index is 0.219. The largest absolute Gasteiger partial charge is 0.497 e. The van der Waals surface area contributed by atoms with Gasteiger partial charge in [-0.1, -0.05) is 47.7 Å². The molecule has 0 amide bonds. The smallest absolute Gasteiger partial charge is 0.291 e. The van der Waals surface area contributed by atoms with Gasteiger partial charge in [0.2, 0.25) is 4.96 Å². The molecule has 0 spiro atoms. The number of fused-ring (bicyclic) bond motifs is 1. The van der Waals surface area contributed by atoms with Crippen LogP contribution in [0.25, 0.3) is 40.1 Å². The Labute approximate surface area is 240 Å². The molecule has 0 unspecified atom stereocenters. The lowest BCUT2D eigenvalue weighted by atomic mass is 10.0. The third-order valence-electron chi connectivity index (χ3n) is 6.55. The minimum atomic E-state index is -0.219. The van der Waals surface area contributed by atoms with Crippen molar-refractivity contribution < 1.29 is 9.47 Å². The number of ether oxygens (including phenoxy) is 2. The van der Waals surface area contributed by atoms with Crippen LogP contribution in [0.3, 0.4) is 0 Å². The van der Waals surface area contributed by atoms with E-state index in [1.807, 2.05) is 110 Å². The molecule has 0 fully saturated rings. The minimum Gasteiger partial charge on any atom is -0.497 e. The average Bonchev–Trinajstić information content (AvgIpc) is 3.67. The first-order valence-electron chi connectivity index (χ1n) is 13.1. The molecule has 8 nitrogen and oxygen atoms in total. The first-order chi connectivity index (χ1) is 20.0. The summed E-state index contributed by atoms with van der Waals surface area (Å²) in [7, 11) is 1.64. The summed E-state index contributed by atoms with van der Waals surface area (Å²) in [5, 5.41) is 9.36. The van der Waals surface area contributed by atoms with Gasteiger partial charge in [-0.3, -0.25) is 4.79 Å². The number of hydrogen-bond acceptors (Lipinski definition) is 7. The predicted molar refractivity (Wildman–Crippen MR) is 163 cm³/mol. The molecule has 0 bridgehead atoms. The van der Waals surface area contributed by atoms with Gasteiger partial charge in [0.05, 0.1) is 23.9 Å². The first kappa shape index (κ1) is 26.2. The van der Waals surface area contributed by atoms with Crippen LogP contribution in [0.2, 0.25) is 0 Å². The van der Waals surface area contributed by atoms with Crippen LogP contribution in [0.4, 0.5) is 0 Å². The lowest BCUT2D eigenvalue weighted by molar-refractivity contribution is 0.340. The van der Waals surface area contributed by atoms with Crippen molar-refractivity contribution in [1.82, 2.24) is 24.4 Å². The Balaban J connectivity index is 1.39. The van der Waals surface area contributed by atoms with E-state index in [2.05, 4.69) is 10.1 Å². The Morgan fingerprint density at radius 3 is 2.44 bits per heavy atom. The summed E-state index contributed by atoms with van der Waals surface area (Å²) in [6, 6.07) is 23.5. The van der Waals surface area contributed by atoms with E-state index in [1.165, 1.54) is 15.9 Å². The molecule has 0 N–H and O–H groups in total. The van der Waals surface area contributed by atoms with Crippen LogP contribution in [0.15, 0.2) is 83.8 Å². The molecule has 204 valence electrons. The second-order valence-electron chi connectivity index (χ2n) is 9.31. The topological polar surface area (TPSA) is 83.5 Å². The fraction of sp³-hybridized carbons (Fsp3) is 0.125. The molecule has 3 aromatic carbocycles. The van der Waals surface area contributed by atoms with Crippen LogP contribution in [0.5, 0.6) is 11.5 Å². The summed E-state index contributed by atoms with van der Waals surface area (Å²) in [4.78, 5) is 18.5. The fourth-order valence-electron chi connectivity index (χ4n) is 4.52. The number of benzene rings is 3. The van der Waals surface area contributed by atoms with Gasteiger partial charge in [0, 0.05) is 17.3 Å². The van der Waals surface area contributed by atoms with Gasteiger partial charge in [0.1, 0.15) is 17.2 Å². The first-order valence-corrected chi connectivity index (χ1v) is 14.0. The van der Waals surface area contributed by atoms with Gasteiger partial charge in [0.25, 0.3) is 5.56 Å². The lowest BCUT2D eigenvalue weighted by Crippen LogP contribution is -2.23. The molecule has 6 aromatic rings.